The summed E-state index contributed by atoms with van der Waals surface area (Å²) in [7, 11) is 0. The molecule has 0 bridgehead atoms. The van der Waals surface area contributed by atoms with E-state index in [1.807, 2.05) is 38.2 Å². The predicted octanol–water partition coefficient (Wildman–Crippen LogP) is 2.51. The average molecular weight is 299 g/mol. The van der Waals surface area contributed by atoms with Gasteiger partial charge in [-0.25, -0.2) is 0 Å². The van der Waals surface area contributed by atoms with E-state index in [1.54, 1.807) is 10.9 Å². The lowest BCUT2D eigenvalue weighted by molar-refractivity contribution is -0.116. The molecule has 7 nitrogen and oxygen atoms in total. The van der Waals surface area contributed by atoms with E-state index in [0.717, 1.165) is 17.0 Å². The van der Waals surface area contributed by atoms with Gasteiger partial charge in [-0.1, -0.05) is 0 Å². The summed E-state index contributed by atoms with van der Waals surface area (Å²) in [6.07, 6.45) is 3.85. The number of hydrogen-bond acceptors (Lipinski definition) is 4. The Kier molecular flexibility index (Phi) is 3.78. The van der Waals surface area contributed by atoms with Gasteiger partial charge >= 0.3 is 0 Å². The largest absolute Gasteiger partial charge is 0.460 e. The topological polar surface area (TPSA) is 88.7 Å². The molecule has 3 aromatic rings. The highest BCUT2D eigenvalue weighted by Crippen LogP contribution is 2.27. The SMILES string of the molecule is Cc1ccc(-c2[nH]nc(NC(=O)CCn3cccn3)c2C)o1. The minimum atomic E-state index is -0.104. The van der Waals surface area contributed by atoms with Crippen LogP contribution in [0.3, 0.4) is 0 Å². The van der Waals surface area contributed by atoms with Gasteiger partial charge < -0.3 is 9.73 Å². The number of H-pyrrole nitrogens is 1. The highest BCUT2D eigenvalue weighted by atomic mass is 16.3. The zero-order chi connectivity index (χ0) is 15.5. The Hall–Kier alpha value is -2.83. The lowest BCUT2D eigenvalue weighted by atomic mass is 10.2. The maximum absolute atomic E-state index is 12.0. The second kappa shape index (κ2) is 5.88. The van der Waals surface area contributed by atoms with Crippen molar-refractivity contribution < 1.29 is 9.21 Å². The third kappa shape index (κ3) is 2.93. The van der Waals surface area contributed by atoms with Crippen molar-refractivity contribution in [1.82, 2.24) is 20.0 Å². The molecule has 0 spiro atoms. The normalized spacial score (nSPS) is 10.8. The fourth-order valence-corrected chi connectivity index (χ4v) is 2.17. The van der Waals surface area contributed by atoms with Crippen molar-refractivity contribution in [3.05, 3.63) is 41.9 Å². The molecule has 22 heavy (non-hydrogen) atoms. The lowest BCUT2D eigenvalue weighted by Crippen LogP contribution is -2.15. The first-order chi connectivity index (χ1) is 10.6. The molecule has 0 unspecified atom stereocenters. The molecule has 2 N–H and O–H groups in total. The number of aromatic nitrogens is 4. The molecule has 0 aromatic carbocycles. The first-order valence-corrected chi connectivity index (χ1v) is 7.02. The summed E-state index contributed by atoms with van der Waals surface area (Å²) in [5, 5.41) is 13.9. The summed E-state index contributed by atoms with van der Waals surface area (Å²) in [6.45, 7) is 4.31. The third-order valence-corrected chi connectivity index (χ3v) is 3.38. The maximum atomic E-state index is 12.0. The number of hydrogen-bond donors (Lipinski definition) is 2. The second-order valence-electron chi connectivity index (χ2n) is 5.05. The molecule has 3 heterocycles. The number of rotatable bonds is 5. The average Bonchev–Trinajstić information content (AvgIpc) is 3.20. The summed E-state index contributed by atoms with van der Waals surface area (Å²) in [5.74, 6) is 1.95. The molecule has 0 aliphatic rings. The minimum absolute atomic E-state index is 0.104. The molecule has 114 valence electrons. The van der Waals surface area contributed by atoms with Crippen molar-refractivity contribution in [2.24, 2.45) is 0 Å². The van der Waals surface area contributed by atoms with Gasteiger partial charge in [-0.2, -0.15) is 10.2 Å². The number of aryl methyl sites for hydroxylation is 2. The van der Waals surface area contributed by atoms with Gasteiger partial charge in [0.1, 0.15) is 11.5 Å². The second-order valence-corrected chi connectivity index (χ2v) is 5.05. The standard InChI is InChI=1S/C15H17N5O2/c1-10-4-5-12(22-10)14-11(2)15(19-18-14)17-13(21)6-9-20-8-3-7-16-20/h3-5,7-8H,6,9H2,1-2H3,(H2,17,18,19,21). The van der Waals surface area contributed by atoms with Crippen LogP contribution in [0.2, 0.25) is 0 Å². The zero-order valence-corrected chi connectivity index (χ0v) is 12.5. The molecule has 0 saturated carbocycles. The summed E-state index contributed by atoms with van der Waals surface area (Å²) >= 11 is 0. The molecular weight excluding hydrogens is 282 g/mol. The molecule has 1 amide bonds. The van der Waals surface area contributed by atoms with E-state index in [-0.39, 0.29) is 5.91 Å². The molecule has 0 atom stereocenters. The van der Waals surface area contributed by atoms with E-state index < -0.39 is 0 Å². The van der Waals surface area contributed by atoms with E-state index in [2.05, 4.69) is 20.6 Å². The van der Waals surface area contributed by atoms with Crippen LogP contribution in [-0.2, 0) is 11.3 Å². The van der Waals surface area contributed by atoms with Gasteiger partial charge in [0.2, 0.25) is 5.91 Å². The van der Waals surface area contributed by atoms with E-state index in [0.29, 0.717) is 24.5 Å². The van der Waals surface area contributed by atoms with Crippen LogP contribution in [0.25, 0.3) is 11.5 Å². The van der Waals surface area contributed by atoms with Gasteiger partial charge in [-0.3, -0.25) is 14.6 Å². The Labute approximate surface area is 127 Å². The molecule has 0 saturated heterocycles. The molecule has 3 aromatic heterocycles. The van der Waals surface area contributed by atoms with Crippen LogP contribution in [0, 0.1) is 13.8 Å². The summed E-state index contributed by atoms with van der Waals surface area (Å²) in [4.78, 5) is 12.0. The highest BCUT2D eigenvalue weighted by molar-refractivity contribution is 5.91. The van der Waals surface area contributed by atoms with Gasteiger partial charge in [-0.05, 0) is 32.0 Å². The van der Waals surface area contributed by atoms with Gasteiger partial charge in [0.25, 0.3) is 0 Å². The third-order valence-electron chi connectivity index (χ3n) is 3.38. The first kappa shape index (κ1) is 14.1. The van der Waals surface area contributed by atoms with E-state index in [1.165, 1.54) is 0 Å². The predicted molar refractivity (Wildman–Crippen MR) is 81.2 cm³/mol. The Bertz CT molecular complexity index is 770. The van der Waals surface area contributed by atoms with Gasteiger partial charge in [0, 0.05) is 30.9 Å². The number of nitrogens with zero attached hydrogens (tertiary/aromatic N) is 3. The van der Waals surface area contributed by atoms with Crippen molar-refractivity contribution >= 4 is 11.7 Å². The summed E-state index contributed by atoms with van der Waals surface area (Å²) < 4.78 is 7.29. The van der Waals surface area contributed by atoms with Crippen molar-refractivity contribution in [3.8, 4) is 11.5 Å². The summed E-state index contributed by atoms with van der Waals surface area (Å²) in [6, 6.07) is 5.59. The van der Waals surface area contributed by atoms with Crippen LogP contribution in [0.15, 0.2) is 35.0 Å². The molecular formula is C15H17N5O2. The Morgan fingerprint density at radius 2 is 2.27 bits per heavy atom. The first-order valence-electron chi connectivity index (χ1n) is 7.02. The van der Waals surface area contributed by atoms with Crippen LogP contribution in [-0.4, -0.2) is 25.9 Å². The van der Waals surface area contributed by atoms with E-state index in [9.17, 15) is 4.79 Å². The Morgan fingerprint density at radius 3 is 2.95 bits per heavy atom. The molecule has 7 heteroatoms. The fraction of sp³-hybridized carbons (Fsp3) is 0.267. The lowest BCUT2D eigenvalue weighted by Gasteiger charge is -2.03. The maximum Gasteiger partial charge on any atom is 0.227 e. The number of furan rings is 1. The molecule has 0 aliphatic carbocycles. The molecule has 3 rings (SSSR count). The van der Waals surface area contributed by atoms with Crippen LogP contribution < -0.4 is 5.32 Å². The fourth-order valence-electron chi connectivity index (χ4n) is 2.17. The molecule has 0 aliphatic heterocycles. The van der Waals surface area contributed by atoms with Gasteiger partial charge in [0.05, 0.1) is 0 Å². The smallest absolute Gasteiger partial charge is 0.227 e. The van der Waals surface area contributed by atoms with Crippen molar-refractivity contribution in [2.45, 2.75) is 26.8 Å². The van der Waals surface area contributed by atoms with Crippen LogP contribution in [0.1, 0.15) is 17.7 Å². The number of aromatic amines is 1. The highest BCUT2D eigenvalue weighted by Gasteiger charge is 2.15. The number of anilines is 1. The zero-order valence-electron chi connectivity index (χ0n) is 12.5. The van der Waals surface area contributed by atoms with Crippen molar-refractivity contribution in [3.63, 3.8) is 0 Å². The van der Waals surface area contributed by atoms with Crippen molar-refractivity contribution in [1.29, 1.82) is 0 Å². The number of carbonyl (C=O) groups excluding carboxylic acids is 1. The van der Waals surface area contributed by atoms with Gasteiger partial charge in [-0.15, -0.1) is 0 Å². The monoisotopic (exact) mass is 299 g/mol. The Balaban J connectivity index is 1.65. The summed E-state index contributed by atoms with van der Waals surface area (Å²) in [5.41, 5.74) is 1.62. The minimum Gasteiger partial charge on any atom is -0.460 e. The van der Waals surface area contributed by atoms with Crippen LogP contribution in [0.5, 0.6) is 0 Å². The molecule has 0 fully saturated rings. The van der Waals surface area contributed by atoms with E-state index in [4.69, 9.17) is 4.42 Å². The number of nitrogens with one attached hydrogen (secondary N) is 2. The Morgan fingerprint density at radius 1 is 1.41 bits per heavy atom. The van der Waals surface area contributed by atoms with Crippen LogP contribution in [0.4, 0.5) is 5.82 Å². The number of amides is 1. The quantitative estimate of drug-likeness (QED) is 0.757. The van der Waals surface area contributed by atoms with E-state index >= 15 is 0 Å². The number of carbonyl (C=O) groups is 1. The van der Waals surface area contributed by atoms with Crippen LogP contribution >= 0.6 is 0 Å². The van der Waals surface area contributed by atoms with Gasteiger partial charge in [0.15, 0.2) is 11.6 Å². The van der Waals surface area contributed by atoms with Crippen molar-refractivity contribution in [2.75, 3.05) is 5.32 Å². The molecule has 0 radical (unpaired) electrons.